The number of carbonyl (C=O) groups is 1. The molecule has 4 aliphatic carbocycles. The van der Waals surface area contributed by atoms with Gasteiger partial charge in [0.15, 0.2) is 11.6 Å². The molecule has 1 amide bonds. The van der Waals surface area contributed by atoms with E-state index in [4.69, 9.17) is 4.52 Å². The third-order valence-electron chi connectivity index (χ3n) is 7.63. The first kappa shape index (κ1) is 19.8. The van der Waals surface area contributed by atoms with Gasteiger partial charge >= 0.3 is 11.8 Å². The van der Waals surface area contributed by atoms with Crippen LogP contribution in [0.4, 0.5) is 8.78 Å². The third kappa shape index (κ3) is 3.38. The Balaban J connectivity index is 1.16. The summed E-state index contributed by atoms with van der Waals surface area (Å²) in [4.78, 5) is 20.9. The Morgan fingerprint density at radius 1 is 1.12 bits per heavy atom. The summed E-state index contributed by atoms with van der Waals surface area (Å²) >= 11 is 0. The third-order valence-corrected chi connectivity index (χ3v) is 7.63. The van der Waals surface area contributed by atoms with Gasteiger partial charge in [0.05, 0.1) is 17.6 Å². The van der Waals surface area contributed by atoms with Gasteiger partial charge in [-0.1, -0.05) is 17.3 Å². The summed E-state index contributed by atoms with van der Waals surface area (Å²) in [6.45, 7) is 0.584. The average Bonchev–Trinajstić information content (AvgIpc) is 3.37. The van der Waals surface area contributed by atoms with Crippen molar-refractivity contribution in [2.75, 3.05) is 6.54 Å². The van der Waals surface area contributed by atoms with Gasteiger partial charge in [0, 0.05) is 6.54 Å². The standard InChI is InChI=1S/C23H25F2N5O2/c24-19(25)20-27-16-3-1-2-4-17(16)30(20)11-18-28-22(32-29-18)21(31)26-12-23-8-13-5-14(9-23)7-15(6-13)10-23/h1-4,13-15,19H,5-12H2,(H,26,31). The van der Waals surface area contributed by atoms with Gasteiger partial charge in [-0.15, -0.1) is 0 Å². The fourth-order valence-electron chi connectivity index (χ4n) is 6.83. The minimum Gasteiger partial charge on any atom is -0.347 e. The lowest BCUT2D eigenvalue weighted by Crippen LogP contribution is -2.51. The normalized spacial score (nSPS) is 28.7. The van der Waals surface area contributed by atoms with Crippen LogP contribution in [0.15, 0.2) is 28.8 Å². The molecule has 3 aromatic rings. The van der Waals surface area contributed by atoms with Crippen molar-refractivity contribution in [1.29, 1.82) is 0 Å². The summed E-state index contributed by atoms with van der Waals surface area (Å²) in [6, 6.07) is 6.90. The number of nitrogens with zero attached hydrogens (tertiary/aromatic N) is 4. The van der Waals surface area contributed by atoms with Crippen LogP contribution in [0.5, 0.6) is 0 Å². The molecule has 4 aliphatic rings. The highest BCUT2D eigenvalue weighted by atomic mass is 19.3. The molecule has 7 nitrogen and oxygen atoms in total. The van der Waals surface area contributed by atoms with Crippen LogP contribution < -0.4 is 5.32 Å². The first-order valence-electron chi connectivity index (χ1n) is 11.3. The van der Waals surface area contributed by atoms with E-state index in [-0.39, 0.29) is 29.5 Å². The van der Waals surface area contributed by atoms with Gasteiger partial charge in [0.2, 0.25) is 0 Å². The number of carbonyl (C=O) groups excluding carboxylic acids is 1. The van der Waals surface area contributed by atoms with Crippen LogP contribution in [-0.4, -0.2) is 32.1 Å². The molecule has 1 aromatic carbocycles. The molecule has 2 aromatic heterocycles. The van der Waals surface area contributed by atoms with Crippen LogP contribution in [0.1, 0.15) is 67.3 Å². The van der Waals surface area contributed by atoms with Crippen LogP contribution in [0, 0.1) is 23.2 Å². The quantitative estimate of drug-likeness (QED) is 0.615. The SMILES string of the molecule is O=C(NCC12CC3CC(CC(C3)C1)C2)c1nc(Cn2c(C(F)F)nc3ccccc32)no1. The molecule has 0 aliphatic heterocycles. The predicted octanol–water partition coefficient (Wildman–Crippen LogP) is 4.35. The van der Waals surface area contributed by atoms with Crippen molar-refractivity contribution >= 4 is 16.9 Å². The van der Waals surface area contributed by atoms with Gasteiger partial charge in [-0.3, -0.25) is 4.79 Å². The van der Waals surface area contributed by atoms with Crippen molar-refractivity contribution in [3.05, 3.63) is 41.8 Å². The smallest absolute Gasteiger partial charge is 0.316 e. The lowest BCUT2D eigenvalue weighted by atomic mass is 9.49. The van der Waals surface area contributed by atoms with Gasteiger partial charge in [-0.2, -0.15) is 4.98 Å². The fraction of sp³-hybridized carbons (Fsp3) is 0.565. The van der Waals surface area contributed by atoms with Gasteiger partial charge < -0.3 is 14.4 Å². The monoisotopic (exact) mass is 441 g/mol. The van der Waals surface area contributed by atoms with Crippen LogP contribution in [0.3, 0.4) is 0 Å². The van der Waals surface area contributed by atoms with Crippen molar-refractivity contribution in [2.24, 2.45) is 23.2 Å². The van der Waals surface area contributed by atoms with Gasteiger partial charge in [-0.25, -0.2) is 13.8 Å². The average molecular weight is 441 g/mol. The summed E-state index contributed by atoms with van der Waals surface area (Å²) in [7, 11) is 0. The fourth-order valence-corrected chi connectivity index (χ4v) is 6.83. The number of hydrogen-bond acceptors (Lipinski definition) is 5. The molecular weight excluding hydrogens is 416 g/mol. The molecule has 2 heterocycles. The van der Waals surface area contributed by atoms with E-state index in [1.165, 1.54) is 43.1 Å². The molecule has 4 saturated carbocycles. The summed E-state index contributed by atoms with van der Waals surface area (Å²) < 4.78 is 33.5. The zero-order valence-electron chi connectivity index (χ0n) is 17.6. The lowest BCUT2D eigenvalue weighted by molar-refractivity contribution is -0.0504. The Kier molecular flexibility index (Phi) is 4.55. The number of aromatic nitrogens is 4. The van der Waals surface area contributed by atoms with E-state index in [9.17, 15) is 13.6 Å². The van der Waals surface area contributed by atoms with E-state index in [0.717, 1.165) is 17.8 Å². The Hall–Kier alpha value is -2.84. The number of benzene rings is 1. The number of fused-ring (bicyclic) bond motifs is 1. The van der Waals surface area contributed by atoms with Crippen LogP contribution in [0.2, 0.25) is 0 Å². The first-order valence-corrected chi connectivity index (χ1v) is 11.3. The maximum Gasteiger partial charge on any atom is 0.316 e. The summed E-state index contributed by atoms with van der Waals surface area (Å²) in [5, 5.41) is 6.87. The Morgan fingerprint density at radius 2 is 1.81 bits per heavy atom. The number of nitrogens with one attached hydrogen (secondary N) is 1. The molecule has 9 heteroatoms. The number of rotatable bonds is 6. The predicted molar refractivity (Wildman–Crippen MR) is 111 cm³/mol. The molecule has 7 rings (SSSR count). The molecule has 0 atom stereocenters. The molecule has 0 unspecified atom stereocenters. The van der Waals surface area contributed by atoms with Crippen LogP contribution in [0.25, 0.3) is 11.0 Å². The summed E-state index contributed by atoms with van der Waals surface area (Å²) in [5.74, 6) is 1.70. The summed E-state index contributed by atoms with van der Waals surface area (Å²) in [5.41, 5.74) is 1.23. The summed E-state index contributed by atoms with van der Waals surface area (Å²) in [6.07, 6.45) is 4.89. The Bertz CT molecular complexity index is 1140. The highest BCUT2D eigenvalue weighted by molar-refractivity contribution is 5.89. The molecule has 1 N–H and O–H groups in total. The molecule has 0 saturated heterocycles. The number of hydrogen-bond donors (Lipinski definition) is 1. The zero-order valence-corrected chi connectivity index (χ0v) is 17.6. The Morgan fingerprint density at radius 3 is 2.50 bits per heavy atom. The molecule has 4 bridgehead atoms. The second-order valence-corrected chi connectivity index (χ2v) is 9.96. The van der Waals surface area contributed by atoms with Crippen LogP contribution >= 0.6 is 0 Å². The van der Waals surface area contributed by atoms with E-state index in [2.05, 4.69) is 20.4 Å². The lowest BCUT2D eigenvalue weighted by Gasteiger charge is -2.56. The molecule has 0 radical (unpaired) electrons. The molecule has 168 valence electrons. The number of para-hydroxylation sites is 2. The molecule has 0 spiro atoms. The molecule has 32 heavy (non-hydrogen) atoms. The van der Waals surface area contributed by atoms with E-state index >= 15 is 0 Å². The van der Waals surface area contributed by atoms with Crippen LogP contribution in [-0.2, 0) is 6.54 Å². The second-order valence-electron chi connectivity index (χ2n) is 9.96. The molecule has 4 fully saturated rings. The maximum absolute atomic E-state index is 13.5. The zero-order chi connectivity index (χ0) is 21.9. The largest absolute Gasteiger partial charge is 0.347 e. The van der Waals surface area contributed by atoms with E-state index in [1.54, 1.807) is 24.3 Å². The second kappa shape index (κ2) is 7.35. The first-order chi connectivity index (χ1) is 15.5. The number of imidazole rings is 1. The van der Waals surface area contributed by atoms with E-state index in [0.29, 0.717) is 17.6 Å². The van der Waals surface area contributed by atoms with E-state index < -0.39 is 12.3 Å². The minimum atomic E-state index is -2.74. The van der Waals surface area contributed by atoms with Gasteiger partial charge in [0.25, 0.3) is 6.43 Å². The Labute approximate surface area is 183 Å². The van der Waals surface area contributed by atoms with Gasteiger partial charge in [0.1, 0.15) is 0 Å². The minimum absolute atomic E-state index is 0.0497. The van der Waals surface area contributed by atoms with Crippen molar-refractivity contribution < 1.29 is 18.1 Å². The number of halogens is 2. The topological polar surface area (TPSA) is 85.8 Å². The maximum atomic E-state index is 13.5. The van der Waals surface area contributed by atoms with Crippen molar-refractivity contribution in [3.63, 3.8) is 0 Å². The number of amides is 1. The highest BCUT2D eigenvalue weighted by Crippen LogP contribution is 2.59. The van der Waals surface area contributed by atoms with Gasteiger partial charge in [-0.05, 0) is 73.8 Å². The number of alkyl halides is 2. The van der Waals surface area contributed by atoms with Crippen molar-refractivity contribution in [2.45, 2.75) is 51.5 Å². The highest BCUT2D eigenvalue weighted by Gasteiger charge is 2.50. The van der Waals surface area contributed by atoms with Crippen molar-refractivity contribution in [3.8, 4) is 0 Å². The van der Waals surface area contributed by atoms with E-state index in [1.807, 2.05) is 0 Å². The molecular formula is C23H25F2N5O2. The van der Waals surface area contributed by atoms with Crippen molar-refractivity contribution in [1.82, 2.24) is 25.0 Å².